The van der Waals surface area contributed by atoms with Crippen molar-refractivity contribution in [2.45, 2.75) is 58.9 Å². The largest absolute Gasteiger partial charge is 0.356 e. The van der Waals surface area contributed by atoms with Gasteiger partial charge in [-0.3, -0.25) is 9.89 Å². The highest BCUT2D eigenvalue weighted by atomic mass is 32.1. The normalized spacial score (nSPS) is 17.2. The predicted octanol–water partition coefficient (Wildman–Crippen LogP) is 3.06. The van der Waals surface area contributed by atoms with Crippen LogP contribution >= 0.6 is 11.3 Å². The Morgan fingerprint density at radius 1 is 1.28 bits per heavy atom. The molecule has 142 valence electrons. The number of rotatable bonds is 9. The first kappa shape index (κ1) is 20.2. The minimum Gasteiger partial charge on any atom is -0.356 e. The number of aromatic nitrogens is 1. The van der Waals surface area contributed by atoms with E-state index >= 15 is 0 Å². The minimum absolute atomic E-state index is 0.609. The van der Waals surface area contributed by atoms with Crippen LogP contribution in [0, 0.1) is 12.8 Å². The third-order valence-electron chi connectivity index (χ3n) is 5.21. The standard InChI is InChI=1S/C19H35N5S/c1-5-16(6-2)17(24-11-7-8-12-24)14-23-19(20-4)21-10-9-18-22-13-15(3)25-18/h13,16-17H,5-12,14H2,1-4H3,(H2,20,21,23). The second-order valence-electron chi connectivity index (χ2n) is 6.88. The van der Waals surface area contributed by atoms with E-state index in [0.29, 0.717) is 6.04 Å². The Labute approximate surface area is 157 Å². The number of hydrogen-bond acceptors (Lipinski definition) is 4. The van der Waals surface area contributed by atoms with Crippen LogP contribution in [0.5, 0.6) is 0 Å². The highest BCUT2D eigenvalue weighted by Gasteiger charge is 2.27. The van der Waals surface area contributed by atoms with Crippen molar-refractivity contribution in [2.24, 2.45) is 10.9 Å². The fourth-order valence-corrected chi connectivity index (χ4v) is 4.51. The monoisotopic (exact) mass is 365 g/mol. The fourth-order valence-electron chi connectivity index (χ4n) is 3.73. The van der Waals surface area contributed by atoms with Gasteiger partial charge in [-0.2, -0.15) is 0 Å². The van der Waals surface area contributed by atoms with E-state index in [9.17, 15) is 0 Å². The SMILES string of the molecule is CCC(CC)C(CNC(=NC)NCCc1ncc(C)s1)N1CCCC1. The van der Waals surface area contributed by atoms with Crippen LogP contribution in [-0.2, 0) is 6.42 Å². The molecule has 0 aliphatic carbocycles. The minimum atomic E-state index is 0.609. The molecule has 0 bridgehead atoms. The average Bonchev–Trinajstić information content (AvgIpc) is 3.28. The van der Waals surface area contributed by atoms with Crippen LogP contribution < -0.4 is 10.6 Å². The highest BCUT2D eigenvalue weighted by molar-refractivity contribution is 7.11. The van der Waals surface area contributed by atoms with Gasteiger partial charge >= 0.3 is 0 Å². The first-order valence-electron chi connectivity index (χ1n) is 9.77. The average molecular weight is 366 g/mol. The summed E-state index contributed by atoms with van der Waals surface area (Å²) < 4.78 is 0. The van der Waals surface area contributed by atoms with Gasteiger partial charge in [0.15, 0.2) is 5.96 Å². The number of thiazole rings is 1. The summed E-state index contributed by atoms with van der Waals surface area (Å²) in [4.78, 5) is 12.8. The van der Waals surface area contributed by atoms with Crippen molar-refractivity contribution in [2.75, 3.05) is 33.2 Å². The second kappa shape index (κ2) is 10.8. The molecule has 0 saturated carbocycles. The molecule has 1 aliphatic heterocycles. The Hall–Kier alpha value is -1.14. The first-order chi connectivity index (χ1) is 12.2. The lowest BCUT2D eigenvalue weighted by Gasteiger charge is -2.34. The summed E-state index contributed by atoms with van der Waals surface area (Å²) in [7, 11) is 1.85. The molecular formula is C19H35N5S. The second-order valence-corrected chi connectivity index (χ2v) is 8.20. The molecule has 1 unspecified atom stereocenters. The molecule has 0 radical (unpaired) electrons. The van der Waals surface area contributed by atoms with Crippen LogP contribution in [0.1, 0.15) is 49.4 Å². The molecule has 1 atom stereocenters. The number of aliphatic imine (C=N–C) groups is 1. The van der Waals surface area contributed by atoms with E-state index in [1.165, 1.54) is 48.7 Å². The molecule has 1 aromatic heterocycles. The molecule has 1 saturated heterocycles. The Kier molecular flexibility index (Phi) is 8.68. The Morgan fingerprint density at radius 2 is 2.00 bits per heavy atom. The Morgan fingerprint density at radius 3 is 2.56 bits per heavy atom. The number of aryl methyl sites for hydroxylation is 1. The lowest BCUT2D eigenvalue weighted by molar-refractivity contribution is 0.167. The lowest BCUT2D eigenvalue weighted by atomic mass is 9.93. The van der Waals surface area contributed by atoms with E-state index in [1.54, 1.807) is 11.3 Å². The van der Waals surface area contributed by atoms with Crippen molar-refractivity contribution in [3.05, 3.63) is 16.1 Å². The first-order valence-corrected chi connectivity index (χ1v) is 10.6. The maximum atomic E-state index is 4.42. The van der Waals surface area contributed by atoms with Crippen molar-refractivity contribution < 1.29 is 0 Å². The van der Waals surface area contributed by atoms with Gasteiger partial charge in [0.25, 0.3) is 0 Å². The molecule has 0 spiro atoms. The van der Waals surface area contributed by atoms with Crippen molar-refractivity contribution in [3.8, 4) is 0 Å². The molecule has 2 heterocycles. The predicted molar refractivity (Wildman–Crippen MR) is 109 cm³/mol. The zero-order valence-electron chi connectivity index (χ0n) is 16.3. The van der Waals surface area contributed by atoms with Crippen LogP contribution in [0.3, 0.4) is 0 Å². The van der Waals surface area contributed by atoms with Gasteiger partial charge in [-0.25, -0.2) is 4.98 Å². The Bertz CT molecular complexity index is 516. The molecule has 1 aromatic rings. The van der Waals surface area contributed by atoms with Gasteiger partial charge in [-0.15, -0.1) is 11.3 Å². The van der Waals surface area contributed by atoms with Gasteiger partial charge in [-0.1, -0.05) is 26.7 Å². The van der Waals surface area contributed by atoms with Crippen molar-refractivity contribution in [1.29, 1.82) is 0 Å². The molecule has 2 rings (SSSR count). The van der Waals surface area contributed by atoms with Gasteiger partial charge in [0.2, 0.25) is 0 Å². The summed E-state index contributed by atoms with van der Waals surface area (Å²) in [5.41, 5.74) is 0. The molecule has 0 amide bonds. The fraction of sp³-hybridized carbons (Fsp3) is 0.789. The van der Waals surface area contributed by atoms with Crippen molar-refractivity contribution >= 4 is 17.3 Å². The third-order valence-corrected chi connectivity index (χ3v) is 6.18. The van der Waals surface area contributed by atoms with Gasteiger partial charge in [0.1, 0.15) is 0 Å². The molecule has 6 heteroatoms. The van der Waals surface area contributed by atoms with E-state index < -0.39 is 0 Å². The van der Waals surface area contributed by atoms with Gasteiger partial charge in [0, 0.05) is 43.7 Å². The van der Waals surface area contributed by atoms with E-state index in [1.807, 2.05) is 13.2 Å². The van der Waals surface area contributed by atoms with Crippen LogP contribution in [0.25, 0.3) is 0 Å². The summed E-state index contributed by atoms with van der Waals surface area (Å²) >= 11 is 1.77. The number of nitrogens with one attached hydrogen (secondary N) is 2. The van der Waals surface area contributed by atoms with Gasteiger partial charge in [0.05, 0.1) is 5.01 Å². The van der Waals surface area contributed by atoms with E-state index in [0.717, 1.165) is 31.4 Å². The van der Waals surface area contributed by atoms with Crippen LogP contribution in [0.15, 0.2) is 11.2 Å². The highest BCUT2D eigenvalue weighted by Crippen LogP contribution is 2.22. The summed E-state index contributed by atoms with van der Waals surface area (Å²) in [5, 5.41) is 8.19. The van der Waals surface area contributed by atoms with Crippen LogP contribution in [-0.4, -0.2) is 55.1 Å². The van der Waals surface area contributed by atoms with Crippen molar-refractivity contribution in [1.82, 2.24) is 20.5 Å². The Balaban J connectivity index is 1.81. The molecule has 2 N–H and O–H groups in total. The van der Waals surface area contributed by atoms with Gasteiger partial charge < -0.3 is 10.6 Å². The molecule has 1 aliphatic rings. The van der Waals surface area contributed by atoms with Crippen LogP contribution in [0.2, 0.25) is 0 Å². The lowest BCUT2D eigenvalue weighted by Crippen LogP contribution is -2.49. The maximum absolute atomic E-state index is 4.42. The molecular weight excluding hydrogens is 330 g/mol. The number of nitrogens with zero attached hydrogens (tertiary/aromatic N) is 3. The number of likely N-dealkylation sites (tertiary alicyclic amines) is 1. The van der Waals surface area contributed by atoms with E-state index in [2.05, 4.69) is 46.3 Å². The molecule has 1 fully saturated rings. The summed E-state index contributed by atoms with van der Waals surface area (Å²) in [5.74, 6) is 1.66. The molecule has 5 nitrogen and oxygen atoms in total. The summed E-state index contributed by atoms with van der Waals surface area (Å²) in [6.07, 6.45) is 8.07. The summed E-state index contributed by atoms with van der Waals surface area (Å²) in [6, 6.07) is 0.609. The van der Waals surface area contributed by atoms with E-state index in [4.69, 9.17) is 0 Å². The molecule has 0 aromatic carbocycles. The maximum Gasteiger partial charge on any atom is 0.191 e. The topological polar surface area (TPSA) is 52.6 Å². The van der Waals surface area contributed by atoms with E-state index in [-0.39, 0.29) is 0 Å². The smallest absolute Gasteiger partial charge is 0.191 e. The van der Waals surface area contributed by atoms with Crippen LogP contribution in [0.4, 0.5) is 0 Å². The number of guanidine groups is 1. The quantitative estimate of drug-likeness (QED) is 0.522. The zero-order chi connectivity index (χ0) is 18.1. The third kappa shape index (κ3) is 6.26. The number of hydrogen-bond donors (Lipinski definition) is 2. The van der Waals surface area contributed by atoms with Gasteiger partial charge in [-0.05, 0) is 38.8 Å². The zero-order valence-corrected chi connectivity index (χ0v) is 17.2. The van der Waals surface area contributed by atoms with Crippen molar-refractivity contribution in [3.63, 3.8) is 0 Å². The molecule has 25 heavy (non-hydrogen) atoms. The summed E-state index contributed by atoms with van der Waals surface area (Å²) in [6.45, 7) is 11.1.